The van der Waals surface area contributed by atoms with Crippen LogP contribution >= 0.6 is 11.3 Å². The molecule has 2 aromatic carbocycles. The molecule has 4 aromatic rings. The van der Waals surface area contributed by atoms with E-state index in [1.165, 1.54) is 11.3 Å². The quantitative estimate of drug-likeness (QED) is 0.503. The summed E-state index contributed by atoms with van der Waals surface area (Å²) in [6.45, 7) is 1.94. The van der Waals surface area contributed by atoms with Gasteiger partial charge in [0.1, 0.15) is 11.5 Å². The molecule has 0 radical (unpaired) electrons. The van der Waals surface area contributed by atoms with Crippen molar-refractivity contribution >= 4 is 27.3 Å². The number of carbonyl (C=O) groups is 1. The number of para-hydroxylation sites is 2. The van der Waals surface area contributed by atoms with Crippen LogP contribution in [0.5, 0.6) is 11.5 Å². The number of amides is 1. The Hall–Kier alpha value is -3.46. The number of benzene rings is 2. The molecule has 4 rings (SSSR count). The third-order valence-corrected chi connectivity index (χ3v) is 5.11. The van der Waals surface area contributed by atoms with Crippen LogP contribution in [0.4, 0.5) is 5.13 Å². The first-order valence-corrected chi connectivity index (χ1v) is 9.87. The number of nitrogens with one attached hydrogen (secondary N) is 1. The van der Waals surface area contributed by atoms with Crippen molar-refractivity contribution < 1.29 is 14.3 Å². The predicted molar refractivity (Wildman–Crippen MR) is 111 cm³/mol. The van der Waals surface area contributed by atoms with Gasteiger partial charge in [0.15, 0.2) is 12.4 Å². The maximum atomic E-state index is 12.3. The van der Waals surface area contributed by atoms with Gasteiger partial charge >= 0.3 is 0 Å². The Balaban J connectivity index is 1.49. The van der Waals surface area contributed by atoms with Gasteiger partial charge in [-0.05, 0) is 30.2 Å². The van der Waals surface area contributed by atoms with E-state index in [4.69, 9.17) is 9.47 Å². The topological polar surface area (TPSA) is 90.6 Å². The van der Waals surface area contributed by atoms with Gasteiger partial charge in [0.2, 0.25) is 10.1 Å². The summed E-state index contributed by atoms with van der Waals surface area (Å²) in [4.78, 5) is 12.9. The summed E-state index contributed by atoms with van der Waals surface area (Å²) in [6.07, 6.45) is 0.834. The monoisotopic (exact) mass is 409 g/mol. The molecule has 0 aliphatic carbocycles. The molecule has 0 saturated heterocycles. The highest BCUT2D eigenvalue weighted by atomic mass is 32.1. The minimum absolute atomic E-state index is 0.101. The Labute approximate surface area is 171 Å². The van der Waals surface area contributed by atoms with Gasteiger partial charge in [-0.15, -0.1) is 15.3 Å². The van der Waals surface area contributed by atoms with Gasteiger partial charge in [-0.1, -0.05) is 48.6 Å². The van der Waals surface area contributed by atoms with Gasteiger partial charge in [-0.2, -0.15) is 4.52 Å². The van der Waals surface area contributed by atoms with Crippen molar-refractivity contribution in [2.24, 2.45) is 0 Å². The summed E-state index contributed by atoms with van der Waals surface area (Å²) in [5.74, 6) is 1.63. The molecule has 2 heterocycles. The van der Waals surface area contributed by atoms with E-state index in [1.54, 1.807) is 11.6 Å². The van der Waals surface area contributed by atoms with Crippen molar-refractivity contribution in [3.63, 3.8) is 0 Å². The third kappa shape index (κ3) is 3.90. The molecule has 0 atom stereocenters. The van der Waals surface area contributed by atoms with E-state index in [0.29, 0.717) is 27.4 Å². The molecule has 148 valence electrons. The van der Waals surface area contributed by atoms with E-state index in [-0.39, 0.29) is 12.5 Å². The summed E-state index contributed by atoms with van der Waals surface area (Å²) in [5, 5.41) is 15.9. The van der Waals surface area contributed by atoms with Gasteiger partial charge in [0.25, 0.3) is 5.91 Å². The molecule has 1 N–H and O–H groups in total. The van der Waals surface area contributed by atoms with Crippen molar-refractivity contribution in [3.8, 4) is 22.9 Å². The lowest BCUT2D eigenvalue weighted by atomic mass is 10.1. The van der Waals surface area contributed by atoms with E-state index >= 15 is 0 Å². The van der Waals surface area contributed by atoms with Crippen molar-refractivity contribution in [1.29, 1.82) is 0 Å². The summed E-state index contributed by atoms with van der Waals surface area (Å²) in [6, 6.07) is 15.2. The summed E-state index contributed by atoms with van der Waals surface area (Å²) in [7, 11) is 1.60. The number of hydrogen-bond donors (Lipinski definition) is 1. The Morgan fingerprint density at radius 2 is 1.86 bits per heavy atom. The maximum Gasteiger partial charge on any atom is 0.264 e. The van der Waals surface area contributed by atoms with E-state index < -0.39 is 0 Å². The summed E-state index contributed by atoms with van der Waals surface area (Å²) >= 11 is 1.23. The fourth-order valence-corrected chi connectivity index (χ4v) is 3.66. The first-order chi connectivity index (χ1) is 14.2. The Kier molecular flexibility index (Phi) is 5.39. The SMILES string of the molecule is CCc1ccccc1OCC(=O)Nc1nn2c(-c3ccccc3OC)nnc2s1. The second-order valence-electron chi connectivity index (χ2n) is 6.12. The molecular weight excluding hydrogens is 390 g/mol. The second kappa shape index (κ2) is 8.27. The number of hydrogen-bond acceptors (Lipinski definition) is 7. The first-order valence-electron chi connectivity index (χ1n) is 9.05. The van der Waals surface area contributed by atoms with Crippen LogP contribution in [0, 0.1) is 0 Å². The Bertz CT molecular complexity index is 1150. The fourth-order valence-electron chi connectivity index (χ4n) is 2.90. The van der Waals surface area contributed by atoms with Crippen LogP contribution in [0.2, 0.25) is 0 Å². The van der Waals surface area contributed by atoms with Crippen molar-refractivity contribution in [1.82, 2.24) is 19.8 Å². The number of nitrogens with zero attached hydrogens (tertiary/aromatic N) is 4. The molecule has 0 aliphatic heterocycles. The maximum absolute atomic E-state index is 12.3. The molecule has 0 unspecified atom stereocenters. The van der Waals surface area contributed by atoms with Crippen LogP contribution in [0.25, 0.3) is 16.3 Å². The number of methoxy groups -OCH3 is 1. The number of aromatic nitrogens is 4. The molecule has 0 saturated carbocycles. The van der Waals surface area contributed by atoms with Crippen LogP contribution in [0.15, 0.2) is 48.5 Å². The number of rotatable bonds is 7. The molecule has 1 amide bonds. The summed E-state index contributed by atoms with van der Waals surface area (Å²) < 4.78 is 12.6. The van der Waals surface area contributed by atoms with E-state index in [9.17, 15) is 4.79 Å². The number of carbonyl (C=O) groups excluding carboxylic acids is 1. The second-order valence-corrected chi connectivity index (χ2v) is 7.08. The minimum atomic E-state index is -0.292. The highest BCUT2D eigenvalue weighted by Gasteiger charge is 2.17. The van der Waals surface area contributed by atoms with Crippen molar-refractivity contribution in [2.75, 3.05) is 19.0 Å². The van der Waals surface area contributed by atoms with Crippen LogP contribution < -0.4 is 14.8 Å². The van der Waals surface area contributed by atoms with Crippen LogP contribution in [0.3, 0.4) is 0 Å². The Morgan fingerprint density at radius 1 is 1.10 bits per heavy atom. The lowest BCUT2D eigenvalue weighted by Crippen LogP contribution is -2.20. The molecule has 2 aromatic heterocycles. The fraction of sp³-hybridized carbons (Fsp3) is 0.200. The molecule has 0 spiro atoms. The average Bonchev–Trinajstić information content (AvgIpc) is 3.32. The zero-order valence-electron chi connectivity index (χ0n) is 16.0. The molecule has 8 nitrogen and oxygen atoms in total. The zero-order valence-corrected chi connectivity index (χ0v) is 16.8. The molecule has 0 bridgehead atoms. The predicted octanol–water partition coefficient (Wildman–Crippen LogP) is 3.44. The van der Waals surface area contributed by atoms with Gasteiger partial charge in [0, 0.05) is 0 Å². The highest BCUT2D eigenvalue weighted by molar-refractivity contribution is 7.20. The van der Waals surface area contributed by atoms with Crippen molar-refractivity contribution in [2.45, 2.75) is 13.3 Å². The molecule has 0 fully saturated rings. The largest absolute Gasteiger partial charge is 0.496 e. The molecule has 0 aliphatic rings. The average molecular weight is 409 g/mol. The van der Waals surface area contributed by atoms with Gasteiger partial charge < -0.3 is 9.47 Å². The number of aryl methyl sites for hydroxylation is 1. The number of fused-ring (bicyclic) bond motifs is 1. The molecule has 9 heteroatoms. The minimum Gasteiger partial charge on any atom is -0.496 e. The first kappa shape index (κ1) is 18.9. The van der Waals surface area contributed by atoms with E-state index in [2.05, 4.69) is 20.6 Å². The molecular formula is C20H19N5O3S. The number of anilines is 1. The van der Waals surface area contributed by atoms with Gasteiger partial charge in [-0.3, -0.25) is 10.1 Å². The van der Waals surface area contributed by atoms with Crippen LogP contribution in [0.1, 0.15) is 12.5 Å². The summed E-state index contributed by atoms with van der Waals surface area (Å²) in [5.41, 5.74) is 1.82. The van der Waals surface area contributed by atoms with Gasteiger partial charge in [0.05, 0.1) is 12.7 Å². The van der Waals surface area contributed by atoms with Gasteiger partial charge in [-0.25, -0.2) is 0 Å². The normalized spacial score (nSPS) is 10.8. The number of ether oxygens (including phenoxy) is 2. The van der Waals surface area contributed by atoms with E-state index in [0.717, 1.165) is 17.5 Å². The molecule has 29 heavy (non-hydrogen) atoms. The lowest BCUT2D eigenvalue weighted by molar-refractivity contribution is -0.118. The Morgan fingerprint density at radius 3 is 2.66 bits per heavy atom. The van der Waals surface area contributed by atoms with Crippen molar-refractivity contribution in [3.05, 3.63) is 54.1 Å². The van der Waals surface area contributed by atoms with E-state index in [1.807, 2.05) is 55.5 Å². The standard InChI is InChI=1S/C20H19N5O3S/c1-3-13-8-4-6-10-15(13)28-12-17(26)21-19-24-25-18(22-23-20(25)29-19)14-9-5-7-11-16(14)27-2/h4-11H,3,12H2,1-2H3,(H,21,24,26). The van der Waals surface area contributed by atoms with Crippen LogP contribution in [-0.2, 0) is 11.2 Å². The van der Waals surface area contributed by atoms with Crippen LogP contribution in [-0.4, -0.2) is 39.4 Å². The third-order valence-electron chi connectivity index (χ3n) is 4.30. The lowest BCUT2D eigenvalue weighted by Gasteiger charge is -2.09. The highest BCUT2D eigenvalue weighted by Crippen LogP contribution is 2.30. The smallest absolute Gasteiger partial charge is 0.264 e. The zero-order chi connectivity index (χ0) is 20.2.